The molecular weight excluding hydrogens is 823 g/mol. The maximum Gasteiger partial charge on any atom is 0.246 e. The second-order valence-corrected chi connectivity index (χ2v) is 18.8. The van der Waals surface area contributed by atoms with Gasteiger partial charge in [0.05, 0.1) is 18.1 Å². The van der Waals surface area contributed by atoms with Crippen LogP contribution in [0.4, 0.5) is 0 Å². The van der Waals surface area contributed by atoms with E-state index in [1.165, 1.54) is 4.90 Å². The summed E-state index contributed by atoms with van der Waals surface area (Å²) in [7, 11) is 3.27. The first-order valence-electron chi connectivity index (χ1n) is 21.1. The third-order valence-corrected chi connectivity index (χ3v) is 11.3. The molecule has 1 heterocycles. The van der Waals surface area contributed by atoms with Crippen LogP contribution in [0.25, 0.3) is 0 Å². The highest BCUT2D eigenvalue weighted by atomic mass is 35.5. The summed E-state index contributed by atoms with van der Waals surface area (Å²) in [5, 5.41) is 20.3. The maximum absolute atomic E-state index is 14.4. The van der Waals surface area contributed by atoms with Crippen LogP contribution >= 0.6 is 24.8 Å². The van der Waals surface area contributed by atoms with E-state index >= 15 is 0 Å². The average molecular weight is 900 g/mol. The number of likely N-dealkylation sites (N-methyl/N-ethyl adjacent to an activating group) is 2. The van der Waals surface area contributed by atoms with Gasteiger partial charge in [-0.15, -0.1) is 24.8 Å². The van der Waals surface area contributed by atoms with Crippen molar-refractivity contribution in [2.45, 2.75) is 157 Å². The van der Waals surface area contributed by atoms with Gasteiger partial charge in [0.1, 0.15) is 30.0 Å². The molecule has 0 bridgehead atoms. The summed E-state index contributed by atoms with van der Waals surface area (Å²) in [4.78, 5) is 97.0. The predicted octanol–water partition coefficient (Wildman–Crippen LogP) is 3.59. The lowest BCUT2D eigenvalue weighted by Crippen LogP contribution is -2.60. The Labute approximate surface area is 376 Å². The molecule has 1 unspecified atom stereocenters. The molecule has 0 aliphatic carbocycles. The molecule has 9 atom stereocenters. The monoisotopic (exact) mass is 899 g/mol. The quantitative estimate of drug-likeness (QED) is 0.102. The molecule has 7 N–H and O–H groups in total. The summed E-state index contributed by atoms with van der Waals surface area (Å²) in [6.07, 6.45) is 0.0991. The van der Waals surface area contributed by atoms with Crippen LogP contribution in [-0.4, -0.2) is 109 Å². The van der Waals surface area contributed by atoms with E-state index in [1.54, 1.807) is 27.9 Å². The number of benzene rings is 1. The average Bonchev–Trinajstić information content (AvgIpc) is 3.59. The molecule has 0 saturated carbocycles. The highest BCUT2D eigenvalue weighted by molar-refractivity contribution is 5.95. The van der Waals surface area contributed by atoms with Gasteiger partial charge in [0.25, 0.3) is 0 Å². The van der Waals surface area contributed by atoms with E-state index in [2.05, 4.69) is 37.2 Å². The number of nitrogens with zero attached hydrogens (tertiary/aromatic N) is 1. The second-order valence-electron chi connectivity index (χ2n) is 18.8. The molecule has 0 radical (unpaired) electrons. The minimum atomic E-state index is -1.13. The third-order valence-electron chi connectivity index (χ3n) is 11.3. The summed E-state index contributed by atoms with van der Waals surface area (Å²) in [6.45, 7) is 22.2. The Hall–Kier alpha value is -3.79. The molecule has 15 nitrogen and oxygen atoms in total. The van der Waals surface area contributed by atoms with Gasteiger partial charge >= 0.3 is 0 Å². The van der Waals surface area contributed by atoms with Crippen LogP contribution in [0.2, 0.25) is 0 Å². The van der Waals surface area contributed by atoms with Crippen molar-refractivity contribution in [2.75, 3.05) is 20.6 Å². The minimum Gasteiger partial charge on any atom is -0.352 e. The Morgan fingerprint density at radius 2 is 1.18 bits per heavy atom. The van der Waals surface area contributed by atoms with Crippen molar-refractivity contribution in [3.63, 3.8) is 0 Å². The van der Waals surface area contributed by atoms with Gasteiger partial charge in [-0.05, 0) is 82.9 Å². The number of Topliss-reactive ketones (excluding diaryl/α,β-unsaturated/α-hetero) is 1. The van der Waals surface area contributed by atoms with Crippen LogP contribution in [0.5, 0.6) is 0 Å². The van der Waals surface area contributed by atoms with Gasteiger partial charge < -0.3 is 42.1 Å². The van der Waals surface area contributed by atoms with Crippen LogP contribution in [0.15, 0.2) is 30.3 Å². The summed E-state index contributed by atoms with van der Waals surface area (Å²) < 4.78 is 0. The number of likely N-dealkylation sites (tertiary alicyclic amines) is 1. The molecular formula is C44H76Cl2N8O7. The molecule has 1 saturated heterocycles. The normalized spacial score (nSPS) is 18.7. The van der Waals surface area contributed by atoms with Gasteiger partial charge in [-0.2, -0.15) is 0 Å². The van der Waals surface area contributed by atoms with E-state index in [0.29, 0.717) is 0 Å². The third kappa shape index (κ3) is 17.5. The Bertz CT molecular complexity index is 1620. The molecule has 6 amide bonds. The van der Waals surface area contributed by atoms with Gasteiger partial charge in [-0.3, -0.25) is 33.6 Å². The largest absolute Gasteiger partial charge is 0.352 e. The van der Waals surface area contributed by atoms with Crippen molar-refractivity contribution in [3.8, 4) is 0 Å². The van der Waals surface area contributed by atoms with Gasteiger partial charge in [0.2, 0.25) is 35.4 Å². The number of halogens is 2. The van der Waals surface area contributed by atoms with Crippen molar-refractivity contribution in [1.82, 2.24) is 42.1 Å². The number of hydrogen-bond donors (Lipinski definition) is 7. The molecule has 1 aromatic carbocycles. The van der Waals surface area contributed by atoms with Crippen molar-refractivity contribution < 1.29 is 33.6 Å². The number of hydrogen-bond acceptors (Lipinski definition) is 9. The van der Waals surface area contributed by atoms with E-state index in [4.69, 9.17) is 0 Å². The smallest absolute Gasteiger partial charge is 0.246 e. The molecule has 0 spiro atoms. The van der Waals surface area contributed by atoms with E-state index in [9.17, 15) is 33.6 Å². The van der Waals surface area contributed by atoms with Crippen molar-refractivity contribution in [1.29, 1.82) is 0 Å². The van der Waals surface area contributed by atoms with Gasteiger partial charge in [0.15, 0.2) is 0 Å². The highest BCUT2D eigenvalue weighted by Gasteiger charge is 2.46. The van der Waals surface area contributed by atoms with Crippen molar-refractivity contribution in [2.24, 2.45) is 22.7 Å². The predicted molar refractivity (Wildman–Crippen MR) is 244 cm³/mol. The molecule has 348 valence electrons. The summed E-state index contributed by atoms with van der Waals surface area (Å²) >= 11 is 0. The fraction of sp³-hybridized carbons (Fsp3) is 0.705. The zero-order valence-corrected chi connectivity index (χ0v) is 40.5. The molecule has 1 aliphatic heterocycles. The zero-order chi connectivity index (χ0) is 45.0. The Balaban J connectivity index is 0.0000180. The molecule has 1 aliphatic rings. The number of ketones is 1. The van der Waals surface area contributed by atoms with E-state index in [1.807, 2.05) is 99.6 Å². The van der Waals surface area contributed by atoms with E-state index in [-0.39, 0.29) is 98.5 Å². The van der Waals surface area contributed by atoms with Crippen LogP contribution in [0.1, 0.15) is 120 Å². The van der Waals surface area contributed by atoms with E-state index < -0.39 is 70.7 Å². The lowest BCUT2D eigenvalue weighted by molar-refractivity contribution is -0.144. The van der Waals surface area contributed by atoms with Gasteiger partial charge in [0, 0.05) is 25.4 Å². The minimum absolute atomic E-state index is 0. The van der Waals surface area contributed by atoms with Crippen molar-refractivity contribution in [3.05, 3.63) is 35.9 Å². The van der Waals surface area contributed by atoms with Crippen LogP contribution < -0.4 is 37.2 Å². The summed E-state index contributed by atoms with van der Waals surface area (Å²) in [5.74, 6) is -2.99. The molecule has 17 heteroatoms. The van der Waals surface area contributed by atoms with E-state index in [0.717, 1.165) is 5.56 Å². The van der Waals surface area contributed by atoms with Crippen LogP contribution in [0, 0.1) is 22.7 Å². The summed E-state index contributed by atoms with van der Waals surface area (Å²) in [6, 6.07) is 3.82. The molecule has 61 heavy (non-hydrogen) atoms. The van der Waals surface area contributed by atoms with Gasteiger partial charge in [-0.1, -0.05) is 85.7 Å². The standard InChI is InChI=1S/C44H74N8O7.2ClH/c1-25(2)26(3)47-41(58)35(43(7,8)9)50-39(56)33(49-37(54)28(5)45-13)21-20-32(53)22-30-23-34(40(57)48-27(4)31-18-16-15-17-19-31)52(24-30)42(59)36(44(10,11)12)51-38(55)29(6)46-14;;/h15-19,25-30,33-36,45-46H,20-24H2,1-14H3,(H,47,58)(H,48,57)(H,49,54)(H,50,56)(H,51,55);2*1H/t26-,27+,28-,29-,30-,33-,34?,35+,36+;;/m0../s1. The molecule has 1 aromatic rings. The number of nitrogens with one attached hydrogen (secondary N) is 7. The molecule has 0 aromatic heterocycles. The number of rotatable bonds is 20. The number of carbonyl (C=O) groups excluding carboxylic acids is 7. The SMILES string of the molecule is CN[C@@H](C)C(=O)N[C@@H](CCC(=O)C[C@H]1CC(C(=O)N[C@H](C)c2ccccc2)N(C(=O)[C@@H](NC(=O)[C@H](C)NC)C(C)(C)C)C1)C(=O)N[C@H](C(=O)N[C@@H](C)C(C)C)C(C)(C)C.Cl.Cl. The zero-order valence-electron chi connectivity index (χ0n) is 38.8. The fourth-order valence-corrected chi connectivity index (χ4v) is 6.73. The fourth-order valence-electron chi connectivity index (χ4n) is 6.73. The Morgan fingerprint density at radius 3 is 1.67 bits per heavy atom. The lowest BCUT2D eigenvalue weighted by atomic mass is 9.85. The van der Waals surface area contributed by atoms with Crippen molar-refractivity contribution >= 4 is 66.0 Å². The topological polar surface area (TPSA) is 207 Å². The second kappa shape index (κ2) is 25.4. The first kappa shape index (κ1) is 57.2. The summed E-state index contributed by atoms with van der Waals surface area (Å²) in [5.41, 5.74) is -0.498. The Kier molecular flexibility index (Phi) is 23.8. The molecule has 2 rings (SSSR count). The number of carbonyl (C=O) groups is 7. The molecule has 1 fully saturated rings. The first-order valence-corrected chi connectivity index (χ1v) is 21.1. The first-order chi connectivity index (χ1) is 27.3. The Morgan fingerprint density at radius 1 is 0.672 bits per heavy atom. The maximum atomic E-state index is 14.4. The van der Waals surface area contributed by atoms with Crippen LogP contribution in [0.3, 0.4) is 0 Å². The van der Waals surface area contributed by atoms with Crippen LogP contribution in [-0.2, 0) is 33.6 Å². The highest BCUT2D eigenvalue weighted by Crippen LogP contribution is 2.31. The number of amides is 6. The van der Waals surface area contributed by atoms with Gasteiger partial charge in [-0.25, -0.2) is 0 Å². The lowest BCUT2D eigenvalue weighted by Gasteiger charge is -2.36.